The molecule has 0 saturated heterocycles. The molecule has 0 heterocycles. The van der Waals surface area contributed by atoms with Crippen LogP contribution in [0.5, 0.6) is 0 Å². The Balaban J connectivity index is 0. The fraction of sp³-hybridized carbons (Fsp3) is 0.250. The van der Waals surface area contributed by atoms with E-state index < -0.39 is 0 Å². The molecule has 2 nitrogen and oxygen atoms in total. The predicted molar refractivity (Wildman–Crippen MR) is 39.2 cm³/mol. The van der Waals surface area contributed by atoms with Crippen LogP contribution in [0.3, 0.4) is 0 Å². The molecule has 1 N–H and O–H groups in total. The Kier molecular flexibility index (Phi) is 13.3. The van der Waals surface area contributed by atoms with E-state index in [0.29, 0.717) is 11.1 Å². The van der Waals surface area contributed by atoms with E-state index in [2.05, 4.69) is 41.5 Å². The molecule has 0 aromatic rings. The quantitative estimate of drug-likeness (QED) is 0.132. The van der Waals surface area contributed by atoms with E-state index in [1.165, 1.54) is 6.26 Å². The molecule has 46 valence electrons. The van der Waals surface area contributed by atoms with Gasteiger partial charge in [0, 0.05) is 0 Å². The zero-order valence-corrected chi connectivity index (χ0v) is 9.97. The maximum Gasteiger partial charge on any atom is 1.00 e. The molecule has 0 unspecified atom stereocenters. The molecule has 5 heteroatoms. The second-order valence-electron chi connectivity index (χ2n) is 0.942. The van der Waals surface area contributed by atoms with Gasteiger partial charge in [0.2, 0.25) is 0 Å². The van der Waals surface area contributed by atoms with Gasteiger partial charge in [-0.2, -0.15) is 0 Å². The van der Waals surface area contributed by atoms with E-state index in [1.54, 1.807) is 0 Å². The minimum atomic E-state index is 0. The third-order valence-electron chi connectivity index (χ3n) is 0.418. The van der Waals surface area contributed by atoms with Crippen molar-refractivity contribution < 1.29 is 56.1 Å². The molecule has 0 aliphatic rings. The molecular weight excluding hydrogens is 181 g/mol. The zero-order valence-electron chi connectivity index (χ0n) is 5.22. The molecule has 0 fully saturated rings. The summed E-state index contributed by atoms with van der Waals surface area (Å²) in [7, 11) is 0. The van der Waals surface area contributed by atoms with E-state index in [1.807, 2.05) is 0 Å². The summed E-state index contributed by atoms with van der Waals surface area (Å²) in [4.78, 5) is 0. The minimum Gasteiger partial charge on any atom is -0.482 e. The maximum atomic E-state index is 4.64. The van der Waals surface area contributed by atoms with Crippen molar-refractivity contribution in [1.29, 1.82) is 0 Å². The summed E-state index contributed by atoms with van der Waals surface area (Å²) in [6.45, 7) is 3.63. The summed E-state index contributed by atoms with van der Waals surface area (Å²) in [5, 5.41) is 2.60. The van der Waals surface area contributed by atoms with Crippen LogP contribution in [0.1, 0.15) is 0 Å². The Morgan fingerprint density at radius 1 is 1.89 bits per heavy atom. The Morgan fingerprint density at radius 3 is 2.78 bits per heavy atom. The number of rotatable bonds is 3. The van der Waals surface area contributed by atoms with Crippen molar-refractivity contribution in [2.24, 2.45) is 0 Å². The average molecular weight is 187 g/mol. The van der Waals surface area contributed by atoms with Crippen LogP contribution in [0.4, 0.5) is 0 Å². The van der Waals surface area contributed by atoms with E-state index in [4.69, 9.17) is 0 Å². The smallest absolute Gasteiger partial charge is 0.482 e. The third kappa shape index (κ3) is 12.5. The van der Waals surface area contributed by atoms with Gasteiger partial charge in [-0.25, -0.2) is 0 Å². The van der Waals surface area contributed by atoms with Gasteiger partial charge in [-0.15, -0.1) is 0 Å². The molecule has 0 aliphatic carbocycles. The molecule has 0 atom stereocenters. The molecule has 0 aromatic heterocycles. The predicted octanol–water partition coefficient (Wildman–Crippen LogP) is -2.47. The van der Waals surface area contributed by atoms with Crippen LogP contribution in [0.15, 0.2) is 12.8 Å². The van der Waals surface area contributed by atoms with Gasteiger partial charge in [-0.3, -0.25) is 0 Å². The van der Waals surface area contributed by atoms with Crippen LogP contribution < -0.4 is 56.7 Å². The Hall–Kier alpha value is 1.29. The number of thiocarbonyl (C=S) groups is 1. The second-order valence-corrected chi connectivity index (χ2v) is 2.02. The SMILES string of the molecule is C=COCNC(=S)[S-].[K+]. The Labute approximate surface area is 108 Å². The third-order valence-corrected chi connectivity index (χ3v) is 0.706. The summed E-state index contributed by atoms with van der Waals surface area (Å²) in [6.07, 6.45) is 1.32. The molecule has 0 rings (SSSR count). The fourth-order valence-corrected chi connectivity index (χ4v) is 0.277. The van der Waals surface area contributed by atoms with Crippen LogP contribution in [0.25, 0.3) is 0 Å². The van der Waals surface area contributed by atoms with Crippen LogP contribution in [0, 0.1) is 0 Å². The average Bonchev–Trinajstić information content (AvgIpc) is 1.66. The zero-order chi connectivity index (χ0) is 6.41. The van der Waals surface area contributed by atoms with Crippen LogP contribution >= 0.6 is 12.2 Å². The molecular formula is C4H6KNOS2. The van der Waals surface area contributed by atoms with Gasteiger partial charge in [-0.1, -0.05) is 10.9 Å². The Bertz CT molecular complexity index is 98.6. The first-order valence-electron chi connectivity index (χ1n) is 1.94. The van der Waals surface area contributed by atoms with Crippen LogP contribution in [0.2, 0.25) is 0 Å². The second kappa shape index (κ2) is 9.29. The number of hydrogen-bond donors (Lipinski definition) is 1. The number of ether oxygens (including phenoxy) is 1. The van der Waals surface area contributed by atoms with Crippen molar-refractivity contribution >= 4 is 29.2 Å². The van der Waals surface area contributed by atoms with Gasteiger partial charge in [0.1, 0.15) is 0 Å². The summed E-state index contributed by atoms with van der Waals surface area (Å²) in [5.41, 5.74) is 0. The summed E-state index contributed by atoms with van der Waals surface area (Å²) in [5.74, 6) is 0. The van der Waals surface area contributed by atoms with Crippen molar-refractivity contribution in [2.75, 3.05) is 6.73 Å². The van der Waals surface area contributed by atoms with E-state index in [0.717, 1.165) is 0 Å². The van der Waals surface area contributed by atoms with Crippen molar-refractivity contribution in [3.05, 3.63) is 12.8 Å². The minimum absolute atomic E-state index is 0. The molecule has 0 amide bonds. The van der Waals surface area contributed by atoms with Gasteiger partial charge in [0.25, 0.3) is 0 Å². The van der Waals surface area contributed by atoms with Crippen molar-refractivity contribution in [3.8, 4) is 0 Å². The molecule has 0 aliphatic heterocycles. The molecule has 0 saturated carbocycles. The van der Waals surface area contributed by atoms with Crippen LogP contribution in [-0.2, 0) is 17.4 Å². The van der Waals surface area contributed by atoms with Crippen molar-refractivity contribution in [1.82, 2.24) is 5.32 Å². The van der Waals surface area contributed by atoms with Crippen molar-refractivity contribution in [2.45, 2.75) is 0 Å². The topological polar surface area (TPSA) is 21.3 Å². The number of nitrogens with one attached hydrogen (secondary N) is 1. The van der Waals surface area contributed by atoms with Gasteiger partial charge in [0.05, 0.1) is 6.26 Å². The van der Waals surface area contributed by atoms with Gasteiger partial charge in [0.15, 0.2) is 6.73 Å². The molecule has 0 bridgehead atoms. The Morgan fingerprint density at radius 2 is 2.44 bits per heavy atom. The van der Waals surface area contributed by atoms with Crippen molar-refractivity contribution in [3.63, 3.8) is 0 Å². The monoisotopic (exact) mass is 187 g/mol. The first-order valence-corrected chi connectivity index (χ1v) is 2.76. The van der Waals surface area contributed by atoms with Crippen LogP contribution in [-0.4, -0.2) is 11.1 Å². The number of hydrogen-bond acceptors (Lipinski definition) is 3. The standard InChI is InChI=1S/C4H7NOS2.K/c1-2-6-3-5-4(7)8;/h2H,1,3H2,(H2,5,7,8);/q;+1/p-1. The molecule has 9 heavy (non-hydrogen) atoms. The molecule has 0 radical (unpaired) electrons. The van der Waals surface area contributed by atoms with E-state index >= 15 is 0 Å². The van der Waals surface area contributed by atoms with Gasteiger partial charge in [-0.05, 0) is 0 Å². The van der Waals surface area contributed by atoms with Gasteiger partial charge >= 0.3 is 51.4 Å². The summed E-state index contributed by atoms with van der Waals surface area (Å²) >= 11 is 9.00. The first-order chi connectivity index (χ1) is 3.77. The van der Waals surface area contributed by atoms with E-state index in [-0.39, 0.29) is 51.4 Å². The maximum absolute atomic E-state index is 4.64. The largest absolute Gasteiger partial charge is 1.00 e. The van der Waals surface area contributed by atoms with E-state index in [9.17, 15) is 0 Å². The first kappa shape index (κ1) is 12.9. The summed E-state index contributed by atoms with van der Waals surface area (Å²) < 4.78 is 4.95. The normalized spacial score (nSPS) is 6.67. The molecule has 0 aromatic carbocycles. The summed E-state index contributed by atoms with van der Waals surface area (Å²) in [6, 6.07) is 0. The van der Waals surface area contributed by atoms with Gasteiger partial charge < -0.3 is 34.9 Å². The fourth-order valence-electron chi connectivity index (χ4n) is 0.160. The molecule has 0 spiro atoms.